The van der Waals surface area contributed by atoms with Gasteiger partial charge in [-0.2, -0.15) is 12.6 Å². The van der Waals surface area contributed by atoms with Gasteiger partial charge in [0.25, 0.3) is 0 Å². The van der Waals surface area contributed by atoms with Crippen molar-refractivity contribution in [2.75, 3.05) is 43.4 Å². The van der Waals surface area contributed by atoms with Crippen molar-refractivity contribution in [3.8, 4) is 0 Å². The number of rotatable bonds is 4. The van der Waals surface area contributed by atoms with Crippen molar-refractivity contribution in [1.29, 1.82) is 0 Å². The smallest absolute Gasteiger partial charge is 0.123 e. The number of piperazine rings is 1. The maximum Gasteiger partial charge on any atom is 0.123 e. The first-order valence-electron chi connectivity index (χ1n) is 6.53. The van der Waals surface area contributed by atoms with Gasteiger partial charge in [0.1, 0.15) is 5.82 Å². The molecule has 0 N–H and O–H groups in total. The van der Waals surface area contributed by atoms with Gasteiger partial charge in [-0.15, -0.1) is 0 Å². The number of benzene rings is 1. The van der Waals surface area contributed by atoms with E-state index < -0.39 is 0 Å². The molecule has 18 heavy (non-hydrogen) atoms. The van der Waals surface area contributed by atoms with Gasteiger partial charge in [-0.25, -0.2) is 4.39 Å². The molecule has 4 heteroatoms. The molecule has 0 bridgehead atoms. The zero-order chi connectivity index (χ0) is 13.0. The van der Waals surface area contributed by atoms with Crippen LogP contribution < -0.4 is 4.90 Å². The molecular weight excluding hydrogens is 247 g/mol. The predicted molar refractivity (Wildman–Crippen MR) is 78.1 cm³/mol. The Kier molecular flexibility index (Phi) is 4.89. The van der Waals surface area contributed by atoms with E-state index in [9.17, 15) is 4.39 Å². The van der Waals surface area contributed by atoms with E-state index in [0.717, 1.165) is 44.2 Å². The van der Waals surface area contributed by atoms with E-state index in [1.165, 1.54) is 12.1 Å². The summed E-state index contributed by atoms with van der Waals surface area (Å²) in [5.41, 5.74) is 1.12. The Bertz CT molecular complexity index is 361. The van der Waals surface area contributed by atoms with Crippen LogP contribution >= 0.6 is 12.6 Å². The molecule has 0 radical (unpaired) electrons. The monoisotopic (exact) mass is 268 g/mol. The number of anilines is 1. The minimum atomic E-state index is -0.167. The third-order valence-electron chi connectivity index (χ3n) is 3.45. The van der Waals surface area contributed by atoms with Crippen LogP contribution in [0.15, 0.2) is 24.3 Å². The molecule has 1 aliphatic heterocycles. The molecule has 0 spiro atoms. The molecule has 0 amide bonds. The highest BCUT2D eigenvalue weighted by atomic mass is 32.1. The molecule has 1 aliphatic rings. The summed E-state index contributed by atoms with van der Waals surface area (Å²) in [6.45, 7) is 7.56. The lowest BCUT2D eigenvalue weighted by molar-refractivity contribution is 0.233. The summed E-state index contributed by atoms with van der Waals surface area (Å²) < 4.78 is 12.9. The molecule has 1 aromatic carbocycles. The van der Waals surface area contributed by atoms with Crippen LogP contribution in [0.25, 0.3) is 0 Å². The molecule has 2 rings (SSSR count). The molecule has 1 saturated heterocycles. The summed E-state index contributed by atoms with van der Waals surface area (Å²) >= 11 is 4.33. The molecule has 1 atom stereocenters. The third-order valence-corrected chi connectivity index (χ3v) is 4.07. The van der Waals surface area contributed by atoms with Crippen molar-refractivity contribution in [2.24, 2.45) is 5.92 Å². The van der Waals surface area contributed by atoms with Gasteiger partial charge < -0.3 is 4.90 Å². The van der Waals surface area contributed by atoms with Gasteiger partial charge in [0.2, 0.25) is 0 Å². The minimum Gasteiger partial charge on any atom is -0.369 e. The molecule has 1 aromatic rings. The fourth-order valence-corrected chi connectivity index (χ4v) is 2.45. The fourth-order valence-electron chi connectivity index (χ4n) is 2.34. The van der Waals surface area contributed by atoms with Gasteiger partial charge in [-0.3, -0.25) is 4.90 Å². The number of nitrogens with zero attached hydrogens (tertiary/aromatic N) is 2. The molecule has 2 nitrogen and oxygen atoms in total. The highest BCUT2D eigenvalue weighted by Gasteiger charge is 2.18. The number of thiol groups is 1. The Hall–Kier alpha value is -0.740. The van der Waals surface area contributed by atoms with Gasteiger partial charge in [-0.05, 0) is 35.9 Å². The quantitative estimate of drug-likeness (QED) is 0.838. The van der Waals surface area contributed by atoms with Crippen LogP contribution in [0.2, 0.25) is 0 Å². The lowest BCUT2D eigenvalue weighted by Crippen LogP contribution is -2.47. The Morgan fingerprint density at radius 2 is 1.78 bits per heavy atom. The summed E-state index contributed by atoms with van der Waals surface area (Å²) in [6.07, 6.45) is 0. The van der Waals surface area contributed by atoms with E-state index in [1.54, 1.807) is 0 Å². The summed E-state index contributed by atoms with van der Waals surface area (Å²) in [4.78, 5) is 4.81. The summed E-state index contributed by atoms with van der Waals surface area (Å²) in [6, 6.07) is 6.79. The largest absolute Gasteiger partial charge is 0.369 e. The molecule has 0 aliphatic carbocycles. The van der Waals surface area contributed by atoms with E-state index in [0.29, 0.717) is 5.92 Å². The van der Waals surface area contributed by atoms with Crippen LogP contribution in [-0.2, 0) is 0 Å². The molecule has 0 aromatic heterocycles. The maximum atomic E-state index is 12.9. The van der Waals surface area contributed by atoms with E-state index in [4.69, 9.17) is 0 Å². The van der Waals surface area contributed by atoms with Gasteiger partial charge in [0, 0.05) is 38.4 Å². The molecule has 100 valence electrons. The van der Waals surface area contributed by atoms with Crippen molar-refractivity contribution >= 4 is 18.3 Å². The van der Waals surface area contributed by atoms with Crippen LogP contribution in [0, 0.1) is 11.7 Å². The first-order valence-corrected chi connectivity index (χ1v) is 7.16. The van der Waals surface area contributed by atoms with Crippen LogP contribution in [0.4, 0.5) is 10.1 Å². The van der Waals surface area contributed by atoms with E-state index >= 15 is 0 Å². The maximum absolute atomic E-state index is 12.9. The van der Waals surface area contributed by atoms with E-state index in [-0.39, 0.29) is 5.82 Å². The highest BCUT2D eigenvalue weighted by Crippen LogP contribution is 2.17. The average Bonchev–Trinajstić information content (AvgIpc) is 2.40. The molecular formula is C14H21FN2S. The topological polar surface area (TPSA) is 6.48 Å². The Morgan fingerprint density at radius 3 is 2.33 bits per heavy atom. The lowest BCUT2D eigenvalue weighted by atomic mass is 10.2. The number of halogens is 1. The number of hydrogen-bond acceptors (Lipinski definition) is 3. The van der Waals surface area contributed by atoms with Crippen LogP contribution in [0.5, 0.6) is 0 Å². The van der Waals surface area contributed by atoms with Crippen LogP contribution in [0.3, 0.4) is 0 Å². The van der Waals surface area contributed by atoms with E-state index in [2.05, 4.69) is 29.4 Å². The first kappa shape index (κ1) is 13.7. The molecule has 1 fully saturated rings. The molecule has 1 heterocycles. The Balaban J connectivity index is 1.84. The first-order chi connectivity index (χ1) is 8.69. The van der Waals surface area contributed by atoms with Crippen molar-refractivity contribution in [3.05, 3.63) is 30.1 Å². The van der Waals surface area contributed by atoms with Crippen LogP contribution in [0.1, 0.15) is 6.92 Å². The number of hydrogen-bond donors (Lipinski definition) is 1. The molecule has 1 unspecified atom stereocenters. The second-order valence-corrected chi connectivity index (χ2v) is 5.42. The Morgan fingerprint density at radius 1 is 1.17 bits per heavy atom. The standard InChI is InChI=1S/C14H21FN2S/c1-12(11-18)10-16-6-8-17(9-7-16)14-4-2-13(15)3-5-14/h2-5,12,18H,6-11H2,1H3. The Labute approximate surface area is 114 Å². The van der Waals surface area contributed by atoms with Crippen molar-refractivity contribution in [1.82, 2.24) is 4.90 Å². The van der Waals surface area contributed by atoms with Gasteiger partial charge in [-0.1, -0.05) is 6.92 Å². The van der Waals surface area contributed by atoms with Gasteiger partial charge in [0.15, 0.2) is 0 Å². The zero-order valence-electron chi connectivity index (χ0n) is 10.8. The van der Waals surface area contributed by atoms with E-state index in [1.807, 2.05) is 12.1 Å². The fraction of sp³-hybridized carbons (Fsp3) is 0.571. The molecule has 0 saturated carbocycles. The summed E-state index contributed by atoms with van der Waals surface area (Å²) in [5.74, 6) is 1.42. The zero-order valence-corrected chi connectivity index (χ0v) is 11.7. The van der Waals surface area contributed by atoms with Crippen molar-refractivity contribution in [2.45, 2.75) is 6.92 Å². The SMILES string of the molecule is CC(CS)CN1CCN(c2ccc(F)cc2)CC1. The minimum absolute atomic E-state index is 0.167. The van der Waals surface area contributed by atoms with Crippen LogP contribution in [-0.4, -0.2) is 43.4 Å². The van der Waals surface area contributed by atoms with Crippen molar-refractivity contribution in [3.63, 3.8) is 0 Å². The lowest BCUT2D eigenvalue weighted by Gasteiger charge is -2.37. The second-order valence-electron chi connectivity index (χ2n) is 5.05. The van der Waals surface area contributed by atoms with Gasteiger partial charge in [0.05, 0.1) is 0 Å². The predicted octanol–water partition coefficient (Wildman–Crippen LogP) is 2.51. The average molecular weight is 268 g/mol. The third kappa shape index (κ3) is 3.62. The summed E-state index contributed by atoms with van der Waals surface area (Å²) in [5, 5.41) is 0. The van der Waals surface area contributed by atoms with Crippen molar-refractivity contribution < 1.29 is 4.39 Å². The second kappa shape index (κ2) is 6.43. The highest BCUT2D eigenvalue weighted by molar-refractivity contribution is 7.80. The van der Waals surface area contributed by atoms with Gasteiger partial charge >= 0.3 is 0 Å². The normalized spacial score (nSPS) is 18.9. The summed E-state index contributed by atoms with van der Waals surface area (Å²) in [7, 11) is 0.